The Morgan fingerprint density at radius 2 is 2.27 bits per heavy atom. The summed E-state index contributed by atoms with van der Waals surface area (Å²) in [5, 5.41) is 11.6. The largest absolute Gasteiger partial charge is 0.491 e. The Balaban J connectivity index is 1.70. The van der Waals surface area contributed by atoms with E-state index >= 15 is 0 Å². The molecule has 1 aliphatic heterocycles. The van der Waals surface area contributed by atoms with Crippen molar-refractivity contribution in [3.63, 3.8) is 0 Å². The van der Waals surface area contributed by atoms with E-state index in [1.54, 1.807) is 6.20 Å². The molecule has 0 spiro atoms. The van der Waals surface area contributed by atoms with Gasteiger partial charge in [0.1, 0.15) is 10.4 Å². The minimum atomic E-state index is -0.0208. The molecule has 5 rings (SSSR count). The lowest BCUT2D eigenvalue weighted by atomic mass is 9.91. The first kappa shape index (κ1) is 16.1. The average molecular weight is 370 g/mol. The number of thiophene rings is 1. The molecule has 0 aromatic carbocycles. The van der Waals surface area contributed by atoms with Gasteiger partial charge in [-0.3, -0.25) is 9.89 Å². The summed E-state index contributed by atoms with van der Waals surface area (Å²) in [6, 6.07) is 0.706. The highest BCUT2D eigenvalue weighted by Crippen LogP contribution is 2.46. The van der Waals surface area contributed by atoms with Gasteiger partial charge in [0.2, 0.25) is 0 Å². The number of aromatic nitrogens is 3. The standard InChI is InChI=1S/C19H22N4O2S/c1-10(22-12-4-2-5-12)15-13-6-3-7-25-16-14(13)18(19(24)23-15)26-17(16)11-8-20-21-9-11/h8-10,12,22H,2-7H2,1H3,(H,20,21)(H,23,24). The van der Waals surface area contributed by atoms with Gasteiger partial charge in [-0.05, 0) is 38.2 Å². The topological polar surface area (TPSA) is 82.8 Å². The van der Waals surface area contributed by atoms with Crippen LogP contribution in [-0.4, -0.2) is 27.8 Å². The molecule has 1 atom stereocenters. The number of rotatable bonds is 4. The zero-order chi connectivity index (χ0) is 17.7. The van der Waals surface area contributed by atoms with E-state index in [9.17, 15) is 4.79 Å². The molecule has 0 bridgehead atoms. The van der Waals surface area contributed by atoms with Crippen LogP contribution in [0.5, 0.6) is 5.75 Å². The fraction of sp³-hybridized carbons (Fsp3) is 0.474. The molecule has 0 amide bonds. The van der Waals surface area contributed by atoms with Crippen LogP contribution in [0.4, 0.5) is 0 Å². The van der Waals surface area contributed by atoms with Crippen molar-refractivity contribution >= 4 is 21.4 Å². The summed E-state index contributed by atoms with van der Waals surface area (Å²) in [6.45, 7) is 2.82. The van der Waals surface area contributed by atoms with Gasteiger partial charge >= 0.3 is 0 Å². The highest BCUT2D eigenvalue weighted by molar-refractivity contribution is 7.22. The highest BCUT2D eigenvalue weighted by Gasteiger charge is 2.28. The van der Waals surface area contributed by atoms with E-state index in [1.807, 2.05) is 6.20 Å². The zero-order valence-corrected chi connectivity index (χ0v) is 15.5. The van der Waals surface area contributed by atoms with E-state index in [0.717, 1.165) is 44.8 Å². The maximum absolute atomic E-state index is 12.9. The van der Waals surface area contributed by atoms with Gasteiger partial charge in [0.15, 0.2) is 0 Å². The molecule has 3 aromatic heterocycles. The van der Waals surface area contributed by atoms with Gasteiger partial charge < -0.3 is 15.0 Å². The summed E-state index contributed by atoms with van der Waals surface area (Å²) in [5.74, 6) is 0.849. The first-order chi connectivity index (χ1) is 12.7. The van der Waals surface area contributed by atoms with E-state index in [4.69, 9.17) is 4.74 Å². The summed E-state index contributed by atoms with van der Waals surface area (Å²) in [7, 11) is 0. The fourth-order valence-corrected chi connectivity index (χ4v) is 5.16. The summed E-state index contributed by atoms with van der Waals surface area (Å²) in [5.41, 5.74) is 3.21. The van der Waals surface area contributed by atoms with E-state index in [0.29, 0.717) is 12.6 Å². The molecule has 3 N–H and O–H groups in total. The monoisotopic (exact) mass is 370 g/mol. The minimum Gasteiger partial charge on any atom is -0.491 e. The minimum absolute atomic E-state index is 0.0208. The lowest BCUT2D eigenvalue weighted by Crippen LogP contribution is -2.38. The highest BCUT2D eigenvalue weighted by atomic mass is 32.1. The summed E-state index contributed by atoms with van der Waals surface area (Å²) >= 11 is 1.50. The van der Waals surface area contributed by atoms with Gasteiger partial charge in [-0.2, -0.15) is 5.10 Å². The van der Waals surface area contributed by atoms with Crippen LogP contribution in [0.2, 0.25) is 0 Å². The van der Waals surface area contributed by atoms with Crippen molar-refractivity contribution in [1.29, 1.82) is 0 Å². The molecule has 1 aliphatic carbocycles. The maximum atomic E-state index is 12.9. The normalized spacial score (nSPS) is 18.3. The molecule has 7 heteroatoms. The lowest BCUT2D eigenvalue weighted by Gasteiger charge is -2.30. The number of ether oxygens (including phenoxy) is 1. The SMILES string of the molecule is CC(NC1CCC1)c1[nH]c(=O)c2sc(-c3cn[nH]c3)c3c2c1CCCO3. The van der Waals surface area contributed by atoms with E-state index in [2.05, 4.69) is 27.4 Å². The van der Waals surface area contributed by atoms with E-state index in [1.165, 1.54) is 36.2 Å². The van der Waals surface area contributed by atoms with Gasteiger partial charge in [0.25, 0.3) is 5.56 Å². The second kappa shape index (κ2) is 6.25. The molecule has 2 aliphatic rings. The Morgan fingerprint density at radius 3 is 3.00 bits per heavy atom. The number of pyridine rings is 1. The zero-order valence-electron chi connectivity index (χ0n) is 14.7. The number of hydrogen-bond donors (Lipinski definition) is 3. The summed E-state index contributed by atoms with van der Waals surface area (Å²) in [4.78, 5) is 17.0. The maximum Gasteiger partial charge on any atom is 0.266 e. The molecule has 1 unspecified atom stereocenters. The van der Waals surface area contributed by atoms with E-state index < -0.39 is 0 Å². The second-order valence-electron chi connectivity index (χ2n) is 7.27. The smallest absolute Gasteiger partial charge is 0.266 e. The Hall–Kier alpha value is -2.12. The first-order valence-corrected chi connectivity index (χ1v) is 10.1. The number of nitrogens with one attached hydrogen (secondary N) is 3. The molecule has 3 aromatic rings. The van der Waals surface area contributed by atoms with Crippen molar-refractivity contribution in [2.75, 3.05) is 6.61 Å². The lowest BCUT2D eigenvalue weighted by molar-refractivity contribution is 0.309. The Bertz CT molecular complexity index is 1000. The predicted molar refractivity (Wildman–Crippen MR) is 103 cm³/mol. The van der Waals surface area contributed by atoms with Crippen molar-refractivity contribution in [3.8, 4) is 16.2 Å². The third-order valence-electron chi connectivity index (χ3n) is 5.55. The Labute approximate surface area is 155 Å². The van der Waals surface area contributed by atoms with Crippen molar-refractivity contribution in [3.05, 3.63) is 34.0 Å². The molecule has 4 heterocycles. The number of hydrogen-bond acceptors (Lipinski definition) is 5. The molecule has 1 saturated carbocycles. The van der Waals surface area contributed by atoms with Crippen LogP contribution in [0, 0.1) is 0 Å². The number of nitrogens with zero attached hydrogens (tertiary/aromatic N) is 1. The van der Waals surface area contributed by atoms with Crippen molar-refractivity contribution in [2.45, 2.75) is 51.1 Å². The van der Waals surface area contributed by atoms with Crippen molar-refractivity contribution < 1.29 is 4.74 Å². The van der Waals surface area contributed by atoms with Gasteiger partial charge in [0, 0.05) is 34.9 Å². The van der Waals surface area contributed by atoms with E-state index in [-0.39, 0.29) is 11.6 Å². The Morgan fingerprint density at radius 1 is 1.38 bits per heavy atom. The number of H-pyrrole nitrogens is 2. The molecular weight excluding hydrogens is 348 g/mol. The van der Waals surface area contributed by atoms with Crippen LogP contribution in [0.3, 0.4) is 0 Å². The van der Waals surface area contributed by atoms with Gasteiger partial charge in [-0.25, -0.2) is 0 Å². The average Bonchev–Trinajstić information content (AvgIpc) is 3.19. The van der Waals surface area contributed by atoms with Crippen LogP contribution in [0.1, 0.15) is 49.9 Å². The third kappa shape index (κ3) is 2.49. The van der Waals surface area contributed by atoms with Crippen molar-refractivity contribution in [1.82, 2.24) is 20.5 Å². The van der Waals surface area contributed by atoms with Gasteiger partial charge in [0.05, 0.1) is 17.7 Å². The molecular formula is C19H22N4O2S. The van der Waals surface area contributed by atoms with Crippen LogP contribution >= 0.6 is 11.3 Å². The summed E-state index contributed by atoms with van der Waals surface area (Å²) < 4.78 is 6.87. The fourth-order valence-electron chi connectivity index (χ4n) is 4.01. The molecule has 0 saturated heterocycles. The molecule has 0 radical (unpaired) electrons. The molecule has 6 nitrogen and oxygen atoms in total. The van der Waals surface area contributed by atoms with Gasteiger partial charge in [-0.1, -0.05) is 6.42 Å². The molecule has 26 heavy (non-hydrogen) atoms. The summed E-state index contributed by atoms with van der Waals surface area (Å²) in [6.07, 6.45) is 9.26. The van der Waals surface area contributed by atoms with Crippen LogP contribution in [0.15, 0.2) is 17.2 Å². The van der Waals surface area contributed by atoms with Crippen LogP contribution in [-0.2, 0) is 6.42 Å². The predicted octanol–water partition coefficient (Wildman–Crippen LogP) is 3.51. The van der Waals surface area contributed by atoms with Crippen molar-refractivity contribution in [2.24, 2.45) is 0 Å². The first-order valence-electron chi connectivity index (χ1n) is 9.32. The van der Waals surface area contributed by atoms with Crippen LogP contribution < -0.4 is 15.6 Å². The van der Waals surface area contributed by atoms with Gasteiger partial charge in [-0.15, -0.1) is 11.3 Å². The quantitative estimate of drug-likeness (QED) is 0.656. The Kier molecular flexibility index (Phi) is 3.86. The molecule has 136 valence electrons. The van der Waals surface area contributed by atoms with Crippen LogP contribution in [0.25, 0.3) is 20.5 Å². The number of aromatic amines is 2. The second-order valence-corrected chi connectivity index (χ2v) is 8.29. The third-order valence-corrected chi connectivity index (χ3v) is 6.77. The number of aryl methyl sites for hydroxylation is 1. The molecule has 1 fully saturated rings.